The summed E-state index contributed by atoms with van der Waals surface area (Å²) in [5.41, 5.74) is 0.606. The number of carbonyl (C=O) groups is 2. The van der Waals surface area contributed by atoms with Crippen molar-refractivity contribution in [3.05, 3.63) is 24.0 Å². The molecule has 0 radical (unpaired) electrons. The second kappa shape index (κ2) is 6.92. The van der Waals surface area contributed by atoms with Crippen molar-refractivity contribution in [1.29, 1.82) is 0 Å². The number of hydrogen-bond donors (Lipinski definition) is 0. The summed E-state index contributed by atoms with van der Waals surface area (Å²) in [5.74, 6) is 0.267. The van der Waals surface area contributed by atoms with Crippen LogP contribution < -0.4 is 0 Å². The Labute approximate surface area is 148 Å². The maximum atomic E-state index is 13.0. The van der Waals surface area contributed by atoms with Gasteiger partial charge in [-0.05, 0) is 37.3 Å². The van der Waals surface area contributed by atoms with E-state index in [0.717, 1.165) is 12.8 Å². The van der Waals surface area contributed by atoms with E-state index in [1.54, 1.807) is 29.9 Å². The van der Waals surface area contributed by atoms with E-state index in [1.165, 1.54) is 10.6 Å². The summed E-state index contributed by atoms with van der Waals surface area (Å²) in [7, 11) is -1.63. The number of nitrogens with zero attached hydrogens (tertiary/aromatic N) is 3. The molecule has 2 atom stereocenters. The quantitative estimate of drug-likeness (QED) is 0.799. The van der Waals surface area contributed by atoms with Gasteiger partial charge in [-0.3, -0.25) is 9.59 Å². The smallest absolute Gasteiger partial charge is 0.245 e. The molecule has 2 unspecified atom stereocenters. The molecule has 0 aromatic carbocycles. The van der Waals surface area contributed by atoms with E-state index in [1.807, 2.05) is 4.90 Å². The Morgan fingerprint density at radius 1 is 1.36 bits per heavy atom. The number of piperidine rings is 1. The van der Waals surface area contributed by atoms with Crippen LogP contribution in [-0.4, -0.2) is 66.8 Å². The summed E-state index contributed by atoms with van der Waals surface area (Å²) < 4.78 is 26.4. The van der Waals surface area contributed by atoms with Gasteiger partial charge in [-0.25, -0.2) is 12.7 Å². The van der Waals surface area contributed by atoms with Gasteiger partial charge in [0.1, 0.15) is 6.04 Å². The number of ketones is 1. The van der Waals surface area contributed by atoms with E-state index in [9.17, 15) is 18.0 Å². The molecule has 138 valence electrons. The molecule has 1 aromatic heterocycles. The van der Waals surface area contributed by atoms with Crippen LogP contribution in [0.5, 0.6) is 0 Å². The van der Waals surface area contributed by atoms with Gasteiger partial charge in [-0.2, -0.15) is 0 Å². The van der Waals surface area contributed by atoms with Crippen molar-refractivity contribution in [2.24, 2.45) is 5.92 Å². The summed E-state index contributed by atoms with van der Waals surface area (Å²) in [6.45, 7) is 1.69. The first-order chi connectivity index (χ1) is 11.8. The number of rotatable bonds is 4. The normalized spacial score (nSPS) is 24.4. The lowest BCUT2D eigenvalue weighted by atomic mass is 9.95. The van der Waals surface area contributed by atoms with Gasteiger partial charge in [0.15, 0.2) is 5.78 Å². The van der Waals surface area contributed by atoms with Crippen LogP contribution in [0.2, 0.25) is 0 Å². The summed E-state index contributed by atoms with van der Waals surface area (Å²) in [4.78, 5) is 26.8. The standard InChI is InChI=1S/C17H25N3O4S/c1-18(25(2,23)24)11-13-5-3-9-19(12-13)17(22)15-7-8-16(21)14-6-4-10-20(14)15/h4,6,10,13,15H,3,5,7-9,11-12H2,1-2H3. The molecule has 1 aromatic rings. The number of amides is 1. The SMILES string of the molecule is CN(CC1CCCN(C(=O)C2CCC(=O)c3cccn32)C1)S(C)(=O)=O. The van der Waals surface area contributed by atoms with Crippen LogP contribution in [0.3, 0.4) is 0 Å². The van der Waals surface area contributed by atoms with Crippen molar-refractivity contribution in [3.63, 3.8) is 0 Å². The van der Waals surface area contributed by atoms with E-state index >= 15 is 0 Å². The van der Waals surface area contributed by atoms with Crippen LogP contribution in [0.25, 0.3) is 0 Å². The lowest BCUT2D eigenvalue weighted by Gasteiger charge is -2.37. The van der Waals surface area contributed by atoms with E-state index < -0.39 is 10.0 Å². The Morgan fingerprint density at radius 2 is 2.12 bits per heavy atom. The lowest BCUT2D eigenvalue weighted by molar-refractivity contribution is -0.137. The van der Waals surface area contributed by atoms with Crippen LogP contribution in [0.4, 0.5) is 0 Å². The largest absolute Gasteiger partial charge is 0.341 e. The summed E-state index contributed by atoms with van der Waals surface area (Å²) in [6.07, 6.45) is 5.72. The number of carbonyl (C=O) groups excluding carboxylic acids is 2. The molecule has 1 saturated heterocycles. The number of likely N-dealkylation sites (tertiary alicyclic amines) is 1. The molecule has 0 spiro atoms. The zero-order valence-corrected chi connectivity index (χ0v) is 15.5. The number of aromatic nitrogens is 1. The lowest BCUT2D eigenvalue weighted by Crippen LogP contribution is -2.47. The van der Waals surface area contributed by atoms with Crippen LogP contribution in [0, 0.1) is 5.92 Å². The van der Waals surface area contributed by atoms with Gasteiger partial charge in [0, 0.05) is 39.3 Å². The first-order valence-electron chi connectivity index (χ1n) is 8.67. The van der Waals surface area contributed by atoms with Crippen molar-refractivity contribution in [3.8, 4) is 0 Å². The Bertz CT molecular complexity index is 771. The molecule has 1 fully saturated rings. The highest BCUT2D eigenvalue weighted by Gasteiger charge is 2.34. The fraction of sp³-hybridized carbons (Fsp3) is 0.647. The minimum Gasteiger partial charge on any atom is -0.341 e. The average molecular weight is 367 g/mol. The van der Waals surface area contributed by atoms with Crippen LogP contribution >= 0.6 is 0 Å². The fourth-order valence-corrected chi connectivity index (χ4v) is 4.29. The van der Waals surface area contributed by atoms with Crippen LogP contribution in [-0.2, 0) is 14.8 Å². The monoisotopic (exact) mass is 367 g/mol. The van der Waals surface area contributed by atoms with Gasteiger partial charge in [0.2, 0.25) is 15.9 Å². The molecular weight excluding hydrogens is 342 g/mol. The Balaban J connectivity index is 1.69. The van der Waals surface area contributed by atoms with E-state index in [4.69, 9.17) is 0 Å². The molecular formula is C17H25N3O4S. The molecule has 0 N–H and O–H groups in total. The molecule has 3 heterocycles. The summed E-state index contributed by atoms with van der Waals surface area (Å²) in [6, 6.07) is 3.25. The predicted molar refractivity (Wildman–Crippen MR) is 93.8 cm³/mol. The summed E-state index contributed by atoms with van der Waals surface area (Å²) in [5, 5.41) is 0. The third-order valence-electron chi connectivity index (χ3n) is 5.24. The van der Waals surface area contributed by atoms with Gasteiger partial charge in [-0.15, -0.1) is 0 Å². The Morgan fingerprint density at radius 3 is 2.84 bits per heavy atom. The molecule has 0 saturated carbocycles. The molecule has 0 bridgehead atoms. The minimum absolute atomic E-state index is 0.0386. The van der Waals surface area contributed by atoms with Gasteiger partial charge < -0.3 is 9.47 Å². The van der Waals surface area contributed by atoms with Gasteiger partial charge >= 0.3 is 0 Å². The zero-order valence-electron chi connectivity index (χ0n) is 14.7. The molecule has 7 nitrogen and oxygen atoms in total. The molecule has 0 aliphatic carbocycles. The third kappa shape index (κ3) is 3.79. The second-order valence-electron chi connectivity index (χ2n) is 7.11. The number of hydrogen-bond acceptors (Lipinski definition) is 4. The maximum Gasteiger partial charge on any atom is 0.245 e. The zero-order chi connectivity index (χ0) is 18.2. The maximum absolute atomic E-state index is 13.0. The first kappa shape index (κ1) is 18.1. The first-order valence-corrected chi connectivity index (χ1v) is 10.5. The molecule has 2 aliphatic heterocycles. The number of Topliss-reactive ketones (excluding diaryl/α,β-unsaturated/α-hetero) is 1. The fourth-order valence-electron chi connectivity index (χ4n) is 3.80. The highest BCUT2D eigenvalue weighted by atomic mass is 32.2. The highest BCUT2D eigenvalue weighted by Crippen LogP contribution is 2.29. The van der Waals surface area contributed by atoms with Crippen LogP contribution in [0.15, 0.2) is 18.3 Å². The molecule has 1 amide bonds. The van der Waals surface area contributed by atoms with Crippen molar-refractivity contribution in [2.75, 3.05) is 32.9 Å². The van der Waals surface area contributed by atoms with Crippen LogP contribution in [0.1, 0.15) is 42.2 Å². The van der Waals surface area contributed by atoms with Crippen molar-refractivity contribution < 1.29 is 18.0 Å². The van der Waals surface area contributed by atoms with Crippen molar-refractivity contribution >= 4 is 21.7 Å². The highest BCUT2D eigenvalue weighted by molar-refractivity contribution is 7.88. The number of fused-ring (bicyclic) bond motifs is 1. The third-order valence-corrected chi connectivity index (χ3v) is 6.52. The van der Waals surface area contributed by atoms with Gasteiger partial charge in [0.05, 0.1) is 11.9 Å². The Kier molecular flexibility index (Phi) is 5.02. The molecule has 2 aliphatic rings. The van der Waals surface area contributed by atoms with Crippen molar-refractivity contribution in [2.45, 2.75) is 31.7 Å². The van der Waals surface area contributed by atoms with Crippen molar-refractivity contribution in [1.82, 2.24) is 13.8 Å². The molecule has 8 heteroatoms. The minimum atomic E-state index is -3.21. The number of sulfonamides is 1. The molecule has 3 rings (SSSR count). The average Bonchev–Trinajstić information content (AvgIpc) is 3.04. The topological polar surface area (TPSA) is 79.7 Å². The summed E-state index contributed by atoms with van der Waals surface area (Å²) >= 11 is 0. The van der Waals surface area contributed by atoms with E-state index in [2.05, 4.69) is 0 Å². The Hall–Kier alpha value is -1.67. The van der Waals surface area contributed by atoms with Gasteiger partial charge in [-0.1, -0.05) is 0 Å². The van der Waals surface area contributed by atoms with Gasteiger partial charge in [0.25, 0.3) is 0 Å². The molecule has 25 heavy (non-hydrogen) atoms. The predicted octanol–water partition coefficient (Wildman–Crippen LogP) is 1.14. The van der Waals surface area contributed by atoms with E-state index in [-0.39, 0.29) is 23.7 Å². The second-order valence-corrected chi connectivity index (χ2v) is 9.20. The van der Waals surface area contributed by atoms with E-state index in [0.29, 0.717) is 38.2 Å².